The molecule has 0 saturated carbocycles. The number of likely N-dealkylation sites (tertiary alicyclic amines) is 1. The number of halogens is 2. The molecule has 1 heterocycles. The fourth-order valence-electron chi connectivity index (χ4n) is 3.22. The Bertz CT molecular complexity index is 607. The maximum atomic E-state index is 11.1. The lowest BCUT2D eigenvalue weighted by atomic mass is 10.0. The van der Waals surface area contributed by atoms with Crippen LogP contribution in [0.2, 0.25) is 5.02 Å². The van der Waals surface area contributed by atoms with Crippen LogP contribution in [0.4, 0.5) is 5.69 Å². The second kappa shape index (κ2) is 9.91. The van der Waals surface area contributed by atoms with E-state index in [0.29, 0.717) is 23.7 Å². The molecule has 140 valence electrons. The molecule has 0 unspecified atom stereocenters. The first-order valence-corrected chi connectivity index (χ1v) is 8.39. The highest BCUT2D eigenvalue weighted by atomic mass is 35.5. The van der Waals surface area contributed by atoms with Gasteiger partial charge in [0.05, 0.1) is 11.5 Å². The van der Waals surface area contributed by atoms with E-state index in [2.05, 4.69) is 4.90 Å². The Morgan fingerprint density at radius 3 is 2.60 bits per heavy atom. The van der Waals surface area contributed by atoms with Crippen LogP contribution in [0.15, 0.2) is 18.2 Å². The van der Waals surface area contributed by atoms with Crippen molar-refractivity contribution in [3.8, 4) is 0 Å². The lowest BCUT2D eigenvalue weighted by Crippen LogP contribution is -2.46. The number of benzene rings is 1. The van der Waals surface area contributed by atoms with E-state index in [1.54, 1.807) is 6.07 Å². The summed E-state index contributed by atoms with van der Waals surface area (Å²) >= 11 is 5.97. The molecule has 25 heavy (non-hydrogen) atoms. The third kappa shape index (κ3) is 6.11. The minimum absolute atomic E-state index is 0. The van der Waals surface area contributed by atoms with Gasteiger partial charge in [-0.05, 0) is 44.6 Å². The van der Waals surface area contributed by atoms with Crippen molar-refractivity contribution in [1.82, 2.24) is 9.80 Å². The van der Waals surface area contributed by atoms with Gasteiger partial charge in [0.15, 0.2) is 0 Å². The Balaban J connectivity index is 0.00000312. The number of carboxylic acid groups (broad SMARTS) is 1. The largest absolute Gasteiger partial charge is 0.480 e. The quantitative estimate of drug-likeness (QED) is 0.567. The zero-order valence-corrected chi connectivity index (χ0v) is 15.6. The molecule has 7 nitrogen and oxygen atoms in total. The van der Waals surface area contributed by atoms with Gasteiger partial charge in [-0.3, -0.25) is 24.7 Å². The molecule has 1 fully saturated rings. The van der Waals surface area contributed by atoms with Gasteiger partial charge in [-0.2, -0.15) is 0 Å². The monoisotopic (exact) mass is 391 g/mol. The molecule has 2 rings (SSSR count). The molecule has 1 aliphatic heterocycles. The van der Waals surface area contributed by atoms with Crippen LogP contribution in [-0.4, -0.2) is 58.0 Å². The molecule has 1 aromatic carbocycles. The summed E-state index contributed by atoms with van der Waals surface area (Å²) in [5, 5.41) is 20.6. The normalized spacial score (nSPS) is 15.8. The van der Waals surface area contributed by atoms with Crippen LogP contribution in [0, 0.1) is 10.1 Å². The lowest BCUT2D eigenvalue weighted by molar-refractivity contribution is -0.385. The zero-order valence-electron chi connectivity index (χ0n) is 14.1. The second-order valence-corrected chi connectivity index (χ2v) is 6.43. The summed E-state index contributed by atoms with van der Waals surface area (Å²) in [6.07, 6.45) is 1.71. The minimum Gasteiger partial charge on any atom is -0.480 e. The van der Waals surface area contributed by atoms with Crippen molar-refractivity contribution in [2.75, 3.05) is 26.2 Å². The fourth-order valence-corrected chi connectivity index (χ4v) is 3.41. The van der Waals surface area contributed by atoms with Crippen molar-refractivity contribution < 1.29 is 14.8 Å². The van der Waals surface area contributed by atoms with Gasteiger partial charge < -0.3 is 5.11 Å². The summed E-state index contributed by atoms with van der Waals surface area (Å²) in [6, 6.07) is 4.86. The third-order valence-corrected chi connectivity index (χ3v) is 4.69. The Kier molecular flexibility index (Phi) is 8.58. The summed E-state index contributed by atoms with van der Waals surface area (Å²) in [7, 11) is 0. The molecular weight excluding hydrogens is 369 g/mol. The van der Waals surface area contributed by atoms with Crippen molar-refractivity contribution in [1.29, 1.82) is 0 Å². The number of nitro benzene ring substituents is 1. The van der Waals surface area contributed by atoms with Gasteiger partial charge in [0.2, 0.25) is 0 Å². The van der Waals surface area contributed by atoms with Gasteiger partial charge >= 0.3 is 5.97 Å². The highest BCUT2D eigenvalue weighted by molar-refractivity contribution is 6.30. The summed E-state index contributed by atoms with van der Waals surface area (Å²) in [5.74, 6) is -0.811. The smallest absolute Gasteiger partial charge is 0.317 e. The predicted octanol–water partition coefficient (Wildman–Crippen LogP) is 3.04. The topological polar surface area (TPSA) is 86.9 Å². The molecule has 9 heteroatoms. The molecule has 0 spiro atoms. The number of nitro groups is 1. The summed E-state index contributed by atoms with van der Waals surface area (Å²) < 4.78 is 0. The van der Waals surface area contributed by atoms with Crippen molar-refractivity contribution in [3.05, 3.63) is 38.9 Å². The summed E-state index contributed by atoms with van der Waals surface area (Å²) in [5.41, 5.74) is 0.700. The molecule has 1 saturated heterocycles. The van der Waals surface area contributed by atoms with Gasteiger partial charge in [0.25, 0.3) is 5.69 Å². The van der Waals surface area contributed by atoms with E-state index < -0.39 is 5.97 Å². The standard InChI is InChI=1S/C16H22ClN3O4.ClH/c1-2-19(11-16(21)22)14-5-7-18(8-6-14)10-12-9-13(17)3-4-15(12)20(23)24;/h3-4,9,14H,2,5-8,10-11H2,1H3,(H,21,22);1H. The van der Waals surface area contributed by atoms with Gasteiger partial charge in [-0.1, -0.05) is 18.5 Å². The number of carbonyl (C=O) groups is 1. The van der Waals surface area contributed by atoms with Crippen LogP contribution in [0.25, 0.3) is 0 Å². The Morgan fingerprint density at radius 1 is 1.44 bits per heavy atom. The molecule has 0 radical (unpaired) electrons. The number of likely N-dealkylation sites (N-methyl/N-ethyl adjacent to an activating group) is 1. The molecular formula is C16H23Cl2N3O4. The molecule has 0 atom stereocenters. The van der Waals surface area contributed by atoms with Crippen LogP contribution >= 0.6 is 24.0 Å². The maximum absolute atomic E-state index is 11.1. The van der Waals surface area contributed by atoms with Crippen molar-refractivity contribution >= 4 is 35.7 Å². The van der Waals surface area contributed by atoms with E-state index in [1.807, 2.05) is 11.8 Å². The molecule has 1 aliphatic rings. The Hall–Kier alpha value is -1.41. The Labute approximate surface area is 158 Å². The van der Waals surface area contributed by atoms with Gasteiger partial charge in [0, 0.05) is 29.2 Å². The van der Waals surface area contributed by atoms with Gasteiger partial charge in [-0.15, -0.1) is 12.4 Å². The summed E-state index contributed by atoms with van der Waals surface area (Å²) in [6.45, 7) is 4.77. The van der Waals surface area contributed by atoms with Crippen LogP contribution in [0.5, 0.6) is 0 Å². The number of aliphatic carboxylic acids is 1. The summed E-state index contributed by atoms with van der Waals surface area (Å²) in [4.78, 5) is 25.8. The van der Waals surface area contributed by atoms with Crippen molar-refractivity contribution in [2.45, 2.75) is 32.4 Å². The zero-order chi connectivity index (χ0) is 17.7. The number of nitrogens with zero attached hydrogens (tertiary/aromatic N) is 3. The van der Waals surface area contributed by atoms with Gasteiger partial charge in [0.1, 0.15) is 0 Å². The first-order valence-electron chi connectivity index (χ1n) is 8.01. The number of piperidine rings is 1. The third-order valence-electron chi connectivity index (χ3n) is 4.45. The van der Waals surface area contributed by atoms with E-state index in [1.165, 1.54) is 12.1 Å². The molecule has 0 amide bonds. The van der Waals surface area contributed by atoms with Crippen LogP contribution in [0.3, 0.4) is 0 Å². The second-order valence-electron chi connectivity index (χ2n) is 5.99. The lowest BCUT2D eigenvalue weighted by Gasteiger charge is -2.37. The molecule has 1 aromatic rings. The first kappa shape index (κ1) is 21.6. The Morgan fingerprint density at radius 2 is 2.08 bits per heavy atom. The predicted molar refractivity (Wildman–Crippen MR) is 98.5 cm³/mol. The fraction of sp³-hybridized carbons (Fsp3) is 0.562. The minimum atomic E-state index is -0.811. The van der Waals surface area contributed by atoms with E-state index >= 15 is 0 Å². The average Bonchev–Trinajstić information content (AvgIpc) is 2.53. The van der Waals surface area contributed by atoms with E-state index in [0.717, 1.165) is 25.9 Å². The molecule has 1 N–H and O–H groups in total. The number of carboxylic acids is 1. The van der Waals surface area contributed by atoms with E-state index in [-0.39, 0.29) is 35.6 Å². The van der Waals surface area contributed by atoms with E-state index in [4.69, 9.17) is 16.7 Å². The van der Waals surface area contributed by atoms with Crippen LogP contribution in [0.1, 0.15) is 25.3 Å². The van der Waals surface area contributed by atoms with Crippen molar-refractivity contribution in [2.24, 2.45) is 0 Å². The first-order chi connectivity index (χ1) is 11.4. The maximum Gasteiger partial charge on any atom is 0.317 e. The van der Waals surface area contributed by atoms with Crippen LogP contribution in [-0.2, 0) is 11.3 Å². The SMILES string of the molecule is CCN(CC(=O)O)C1CCN(Cc2cc(Cl)ccc2[N+](=O)[O-])CC1.Cl. The average molecular weight is 392 g/mol. The highest BCUT2D eigenvalue weighted by Gasteiger charge is 2.26. The molecule has 0 aliphatic carbocycles. The van der Waals surface area contributed by atoms with Crippen LogP contribution < -0.4 is 0 Å². The molecule has 0 bridgehead atoms. The van der Waals surface area contributed by atoms with E-state index in [9.17, 15) is 14.9 Å². The number of hydrogen-bond acceptors (Lipinski definition) is 5. The molecule has 0 aromatic heterocycles. The number of rotatable bonds is 7. The van der Waals surface area contributed by atoms with Crippen molar-refractivity contribution in [3.63, 3.8) is 0 Å². The van der Waals surface area contributed by atoms with Gasteiger partial charge in [-0.25, -0.2) is 0 Å². The highest BCUT2D eigenvalue weighted by Crippen LogP contribution is 2.26. The number of hydrogen-bond donors (Lipinski definition) is 1.